The van der Waals surface area contributed by atoms with Crippen LogP contribution in [0.5, 0.6) is 0 Å². The van der Waals surface area contributed by atoms with E-state index in [0.29, 0.717) is 5.52 Å². The molecule has 3 rings (SSSR count). The third-order valence-electron chi connectivity index (χ3n) is 5.54. The van der Waals surface area contributed by atoms with Crippen molar-refractivity contribution < 1.29 is 26.4 Å². The number of sulfone groups is 1. The Morgan fingerprint density at radius 2 is 1.97 bits per heavy atom. The van der Waals surface area contributed by atoms with Crippen LogP contribution >= 0.6 is 0 Å². The molecular formula is C19H22F3N5O3S. The summed E-state index contributed by atoms with van der Waals surface area (Å²) in [7, 11) is -3.54. The maximum Gasteiger partial charge on any atom is 0.416 e. The summed E-state index contributed by atoms with van der Waals surface area (Å²) in [5.74, 6) is -2.65. The van der Waals surface area contributed by atoms with Gasteiger partial charge in [-0.3, -0.25) is 9.79 Å². The number of alkyl halides is 3. The molecule has 0 radical (unpaired) electrons. The summed E-state index contributed by atoms with van der Waals surface area (Å²) in [6, 6.07) is 3.61. The van der Waals surface area contributed by atoms with E-state index in [4.69, 9.17) is 17.2 Å². The van der Waals surface area contributed by atoms with Gasteiger partial charge in [-0.1, -0.05) is 6.58 Å². The van der Waals surface area contributed by atoms with Gasteiger partial charge in [0.05, 0.1) is 17.1 Å². The van der Waals surface area contributed by atoms with Gasteiger partial charge in [0.15, 0.2) is 9.84 Å². The van der Waals surface area contributed by atoms with E-state index in [0.717, 1.165) is 18.3 Å². The van der Waals surface area contributed by atoms with Crippen LogP contribution in [0, 0.1) is 5.92 Å². The number of nitrogens with zero attached hydrogens (tertiary/aromatic N) is 1. The lowest BCUT2D eigenvalue weighted by Gasteiger charge is -2.42. The topological polar surface area (TPSA) is 157 Å². The minimum atomic E-state index is -4.56. The van der Waals surface area contributed by atoms with Crippen LogP contribution in [-0.4, -0.2) is 42.6 Å². The molecule has 0 aliphatic carbocycles. The van der Waals surface area contributed by atoms with Crippen molar-refractivity contribution >= 4 is 32.4 Å². The zero-order valence-electron chi connectivity index (χ0n) is 16.3. The van der Waals surface area contributed by atoms with Gasteiger partial charge < -0.3 is 22.2 Å². The number of aromatic amines is 1. The van der Waals surface area contributed by atoms with Crippen molar-refractivity contribution in [2.24, 2.45) is 28.1 Å². The minimum absolute atomic E-state index is 0.0683. The Balaban J connectivity index is 2.27. The Labute approximate surface area is 176 Å². The maximum absolute atomic E-state index is 13.1. The van der Waals surface area contributed by atoms with Gasteiger partial charge in [-0.05, 0) is 30.7 Å². The lowest BCUT2D eigenvalue weighted by molar-refractivity contribution is -0.137. The van der Waals surface area contributed by atoms with Crippen molar-refractivity contribution in [3.05, 3.63) is 48.3 Å². The Kier molecular flexibility index (Phi) is 5.76. The number of rotatable bonds is 5. The molecule has 0 spiro atoms. The third kappa shape index (κ3) is 4.23. The standard InChI is InChI=1S/C19H22F3N5O3S/c1-2-26-16(17(24)28)18(25,12-9-31(29,30)6-5-13(12)23)15-8-10-7-11(19(20,21)22)3-4-14(10)27-15/h2-4,7-8,12-13,27H,1,5-6,9,23,25H2,(H2,24,28)/b26-16-/t12?,13-,18?/m0/s1. The first-order valence-electron chi connectivity index (χ1n) is 9.24. The summed E-state index contributed by atoms with van der Waals surface area (Å²) in [6.07, 6.45) is -3.45. The third-order valence-corrected chi connectivity index (χ3v) is 7.26. The molecule has 1 aromatic carbocycles. The molecule has 1 aliphatic heterocycles. The molecule has 2 unspecified atom stereocenters. The summed E-state index contributed by atoms with van der Waals surface area (Å²) >= 11 is 0. The Morgan fingerprint density at radius 1 is 1.29 bits per heavy atom. The number of nitrogens with one attached hydrogen (secondary N) is 1. The lowest BCUT2D eigenvalue weighted by atomic mass is 9.74. The van der Waals surface area contributed by atoms with E-state index in [1.165, 1.54) is 12.1 Å². The molecule has 3 atom stereocenters. The number of fused-ring (bicyclic) bond motifs is 1. The number of hydrogen-bond acceptors (Lipinski definition) is 6. The summed E-state index contributed by atoms with van der Waals surface area (Å²) in [5, 5.41) is 0.161. The van der Waals surface area contributed by atoms with E-state index < -0.39 is 56.4 Å². The molecule has 2 heterocycles. The second-order valence-corrected chi connectivity index (χ2v) is 9.78. The predicted molar refractivity (Wildman–Crippen MR) is 111 cm³/mol. The molecule has 8 nitrogen and oxygen atoms in total. The normalized spacial score (nSPS) is 24.0. The maximum atomic E-state index is 13.1. The smallest absolute Gasteiger partial charge is 0.364 e. The molecule has 31 heavy (non-hydrogen) atoms. The number of H-pyrrole nitrogens is 1. The van der Waals surface area contributed by atoms with Crippen molar-refractivity contribution in [2.75, 3.05) is 11.5 Å². The Bertz CT molecular complexity index is 1170. The van der Waals surface area contributed by atoms with Crippen molar-refractivity contribution in [2.45, 2.75) is 24.2 Å². The number of halogens is 3. The molecule has 168 valence electrons. The van der Waals surface area contributed by atoms with Crippen LogP contribution in [0.4, 0.5) is 13.2 Å². The molecule has 12 heteroatoms. The SMILES string of the molecule is C=C/N=C(/C(N)=O)C(N)(c1cc2cc(C(F)(F)F)ccc2[nH]1)C1CS(=O)(=O)CC[C@@H]1N. The number of aliphatic imine (C=N–C) groups is 1. The number of aromatic nitrogens is 1. The fourth-order valence-electron chi connectivity index (χ4n) is 3.97. The molecule has 0 bridgehead atoms. The molecule has 7 N–H and O–H groups in total. The largest absolute Gasteiger partial charge is 0.416 e. The number of nitrogens with two attached hydrogens (primary N) is 3. The van der Waals surface area contributed by atoms with Crippen LogP contribution in [0.25, 0.3) is 10.9 Å². The second kappa shape index (κ2) is 7.77. The van der Waals surface area contributed by atoms with Crippen molar-refractivity contribution in [1.29, 1.82) is 0 Å². The van der Waals surface area contributed by atoms with Crippen LogP contribution in [0.1, 0.15) is 17.7 Å². The Morgan fingerprint density at radius 3 is 2.55 bits per heavy atom. The highest BCUT2D eigenvalue weighted by Crippen LogP contribution is 2.38. The first-order chi connectivity index (χ1) is 14.3. The number of carbonyl (C=O) groups is 1. The predicted octanol–water partition coefficient (Wildman–Crippen LogP) is 1.17. The molecule has 1 saturated heterocycles. The second-order valence-electron chi connectivity index (χ2n) is 7.55. The van der Waals surface area contributed by atoms with Gasteiger partial charge in [-0.15, -0.1) is 0 Å². The minimum Gasteiger partial charge on any atom is -0.364 e. The van der Waals surface area contributed by atoms with Crippen LogP contribution in [0.15, 0.2) is 42.0 Å². The quantitative estimate of drug-likeness (QED) is 0.496. The highest BCUT2D eigenvalue weighted by Gasteiger charge is 2.51. The fraction of sp³-hybridized carbons (Fsp3) is 0.368. The van der Waals surface area contributed by atoms with Gasteiger partial charge in [-0.2, -0.15) is 13.2 Å². The average Bonchev–Trinajstić information content (AvgIpc) is 3.10. The van der Waals surface area contributed by atoms with Crippen LogP contribution in [0.3, 0.4) is 0 Å². The zero-order valence-corrected chi connectivity index (χ0v) is 17.1. The van der Waals surface area contributed by atoms with Gasteiger partial charge in [0, 0.05) is 34.8 Å². The van der Waals surface area contributed by atoms with Gasteiger partial charge in [0.2, 0.25) is 0 Å². The van der Waals surface area contributed by atoms with E-state index >= 15 is 0 Å². The van der Waals surface area contributed by atoms with E-state index in [1.807, 2.05) is 0 Å². The molecule has 1 aliphatic rings. The Hall–Kier alpha value is -2.70. The van der Waals surface area contributed by atoms with Crippen LogP contribution < -0.4 is 17.2 Å². The molecule has 1 fully saturated rings. The van der Waals surface area contributed by atoms with Gasteiger partial charge in [0.25, 0.3) is 5.91 Å². The summed E-state index contributed by atoms with van der Waals surface area (Å²) in [6.45, 7) is 3.43. The number of amides is 1. The van der Waals surface area contributed by atoms with Gasteiger partial charge in [0.1, 0.15) is 11.3 Å². The van der Waals surface area contributed by atoms with E-state index in [9.17, 15) is 26.4 Å². The van der Waals surface area contributed by atoms with E-state index in [2.05, 4.69) is 16.6 Å². The summed E-state index contributed by atoms with van der Waals surface area (Å²) < 4.78 is 64.0. The summed E-state index contributed by atoms with van der Waals surface area (Å²) in [4.78, 5) is 19.0. The number of primary amides is 1. The monoisotopic (exact) mass is 457 g/mol. The molecule has 1 aromatic heterocycles. The first-order valence-corrected chi connectivity index (χ1v) is 11.1. The highest BCUT2D eigenvalue weighted by atomic mass is 32.2. The van der Waals surface area contributed by atoms with Gasteiger partial charge in [-0.25, -0.2) is 8.42 Å². The van der Waals surface area contributed by atoms with Crippen molar-refractivity contribution in [3.8, 4) is 0 Å². The van der Waals surface area contributed by atoms with E-state index in [-0.39, 0.29) is 23.3 Å². The van der Waals surface area contributed by atoms with Crippen molar-refractivity contribution in [3.63, 3.8) is 0 Å². The first kappa shape index (κ1) is 23.0. The number of carbonyl (C=O) groups excluding carboxylic acids is 1. The average molecular weight is 457 g/mol. The van der Waals surface area contributed by atoms with Crippen LogP contribution in [0.2, 0.25) is 0 Å². The lowest BCUT2D eigenvalue weighted by Crippen LogP contribution is -2.63. The molecule has 1 amide bonds. The molecule has 2 aromatic rings. The number of hydrogen-bond donors (Lipinski definition) is 4. The molecule has 0 saturated carbocycles. The summed E-state index contributed by atoms with van der Waals surface area (Å²) in [5.41, 5.74) is 15.5. The van der Waals surface area contributed by atoms with Crippen molar-refractivity contribution in [1.82, 2.24) is 4.98 Å². The van der Waals surface area contributed by atoms with Crippen LogP contribution in [-0.2, 0) is 26.3 Å². The van der Waals surface area contributed by atoms with E-state index in [1.54, 1.807) is 0 Å². The van der Waals surface area contributed by atoms with Gasteiger partial charge >= 0.3 is 6.18 Å². The highest BCUT2D eigenvalue weighted by molar-refractivity contribution is 7.91. The molecular weight excluding hydrogens is 435 g/mol. The number of benzene rings is 1. The fourth-order valence-corrected chi connectivity index (χ4v) is 5.82. The zero-order chi connectivity index (χ0) is 23.2.